The second kappa shape index (κ2) is 3.89. The Hall–Kier alpha value is -2.22. The summed E-state index contributed by atoms with van der Waals surface area (Å²) in [7, 11) is 0. The maximum Gasteiger partial charge on any atom is 0.300 e. The van der Waals surface area contributed by atoms with Gasteiger partial charge in [-0.2, -0.15) is 0 Å². The highest BCUT2D eigenvalue weighted by Crippen LogP contribution is 2.43. The first-order valence-electron chi connectivity index (χ1n) is 6.41. The van der Waals surface area contributed by atoms with Gasteiger partial charge in [0.25, 0.3) is 0 Å². The fourth-order valence-corrected chi connectivity index (χ4v) is 3.08. The fourth-order valence-electron chi connectivity index (χ4n) is 3.08. The molecule has 2 saturated heterocycles. The number of non-ortho nitro benzene ring substituents is 1. The number of benzene rings is 1. The van der Waals surface area contributed by atoms with Crippen molar-refractivity contribution in [2.24, 2.45) is 5.41 Å². The molecular weight excluding hydrogens is 264 g/mol. The van der Waals surface area contributed by atoms with Crippen LogP contribution in [0.15, 0.2) is 16.8 Å². The molecule has 2 aliphatic heterocycles. The van der Waals surface area contributed by atoms with Gasteiger partial charge in [-0.05, 0) is 22.8 Å². The highest BCUT2D eigenvalue weighted by molar-refractivity contribution is 5.94. The van der Waals surface area contributed by atoms with Crippen molar-refractivity contribution < 1.29 is 14.3 Å². The van der Waals surface area contributed by atoms with Crippen molar-refractivity contribution in [3.05, 3.63) is 22.2 Å². The van der Waals surface area contributed by atoms with Gasteiger partial charge in [0.1, 0.15) is 0 Å². The Labute approximate surface area is 113 Å². The number of hydrogen-bond acceptors (Lipinski definition) is 7. The lowest BCUT2D eigenvalue weighted by Crippen LogP contribution is -2.57. The van der Waals surface area contributed by atoms with E-state index in [0.29, 0.717) is 5.52 Å². The number of hydrogen-bond donors (Lipinski definition) is 0. The third-order valence-corrected chi connectivity index (χ3v) is 4.15. The normalized spacial score (nSPS) is 20.5. The quantitative estimate of drug-likeness (QED) is 0.603. The van der Waals surface area contributed by atoms with Crippen molar-refractivity contribution in [3.63, 3.8) is 0 Å². The Kier molecular flexibility index (Phi) is 2.25. The van der Waals surface area contributed by atoms with Gasteiger partial charge in [-0.25, -0.2) is 4.63 Å². The maximum absolute atomic E-state index is 10.9. The van der Waals surface area contributed by atoms with Crippen molar-refractivity contribution in [2.45, 2.75) is 6.42 Å². The molecule has 0 N–H and O–H groups in total. The van der Waals surface area contributed by atoms with E-state index in [0.717, 1.165) is 38.4 Å². The zero-order valence-corrected chi connectivity index (χ0v) is 10.6. The van der Waals surface area contributed by atoms with Gasteiger partial charge in [-0.1, -0.05) is 0 Å². The topological polar surface area (TPSA) is 94.5 Å². The third-order valence-electron chi connectivity index (χ3n) is 4.15. The smallest absolute Gasteiger partial charge is 0.300 e. The van der Waals surface area contributed by atoms with Gasteiger partial charge in [-0.3, -0.25) is 10.1 Å². The van der Waals surface area contributed by atoms with E-state index in [4.69, 9.17) is 4.74 Å². The second-order valence-electron chi connectivity index (χ2n) is 5.48. The van der Waals surface area contributed by atoms with Crippen molar-refractivity contribution in [2.75, 3.05) is 31.2 Å². The molecule has 4 rings (SSSR count). The fraction of sp³-hybridized carbons (Fsp3) is 0.500. The summed E-state index contributed by atoms with van der Waals surface area (Å²) in [6.45, 7) is 3.37. The summed E-state index contributed by atoms with van der Waals surface area (Å²) >= 11 is 0. The van der Waals surface area contributed by atoms with E-state index in [1.165, 1.54) is 6.07 Å². The van der Waals surface area contributed by atoms with E-state index >= 15 is 0 Å². The van der Waals surface area contributed by atoms with Crippen molar-refractivity contribution in [1.29, 1.82) is 0 Å². The van der Waals surface area contributed by atoms with Gasteiger partial charge in [0.05, 0.1) is 17.2 Å². The van der Waals surface area contributed by atoms with Gasteiger partial charge in [-0.15, -0.1) is 0 Å². The average molecular weight is 276 g/mol. The van der Waals surface area contributed by atoms with Crippen molar-refractivity contribution in [1.82, 2.24) is 10.3 Å². The summed E-state index contributed by atoms with van der Waals surface area (Å²) in [6, 6.07) is 3.17. The standard InChI is InChI=1S/C12H12N4O4/c17-16(18)9-2-1-8(10-11(9)14-20-13-10)15-5-12(6-15)3-4-19-7-12/h1-2H,3-7H2. The van der Waals surface area contributed by atoms with Crippen molar-refractivity contribution >= 4 is 22.4 Å². The summed E-state index contributed by atoms with van der Waals surface area (Å²) < 4.78 is 10.1. The van der Waals surface area contributed by atoms with Gasteiger partial charge in [0.2, 0.25) is 5.52 Å². The van der Waals surface area contributed by atoms with E-state index < -0.39 is 4.92 Å². The molecule has 0 amide bonds. The monoisotopic (exact) mass is 276 g/mol. The SMILES string of the molecule is O=[N+]([O-])c1ccc(N2CC3(CCOC3)C2)c2nonc12. The molecule has 8 nitrogen and oxygen atoms in total. The van der Waals surface area contributed by atoms with Crippen LogP contribution in [0.4, 0.5) is 11.4 Å². The molecule has 8 heteroatoms. The molecule has 2 aromatic rings. The summed E-state index contributed by atoms with van der Waals surface area (Å²) in [5, 5.41) is 18.4. The van der Waals surface area contributed by atoms with E-state index in [9.17, 15) is 10.1 Å². The third kappa shape index (κ3) is 1.51. The molecule has 3 heterocycles. The van der Waals surface area contributed by atoms with Crippen LogP contribution in [0.1, 0.15) is 6.42 Å². The lowest BCUT2D eigenvalue weighted by atomic mass is 9.79. The Bertz CT molecular complexity index is 684. The number of fused-ring (bicyclic) bond motifs is 1. The summed E-state index contributed by atoms with van der Waals surface area (Å²) in [6.07, 6.45) is 1.07. The molecule has 2 aliphatic rings. The minimum Gasteiger partial charge on any atom is -0.381 e. The number of rotatable bonds is 2. The molecule has 1 aromatic carbocycles. The Morgan fingerprint density at radius 2 is 2.10 bits per heavy atom. The van der Waals surface area contributed by atoms with Crippen LogP contribution in [0.3, 0.4) is 0 Å². The molecule has 0 atom stereocenters. The molecular formula is C12H12N4O4. The Morgan fingerprint density at radius 3 is 2.80 bits per heavy atom. The van der Waals surface area contributed by atoms with Crippen LogP contribution >= 0.6 is 0 Å². The molecule has 20 heavy (non-hydrogen) atoms. The van der Waals surface area contributed by atoms with Crippen LogP contribution < -0.4 is 4.90 Å². The molecule has 0 aliphatic carbocycles. The van der Waals surface area contributed by atoms with Crippen LogP contribution in [0.25, 0.3) is 11.0 Å². The van der Waals surface area contributed by atoms with Crippen LogP contribution in [-0.4, -0.2) is 41.5 Å². The van der Waals surface area contributed by atoms with E-state index in [1.54, 1.807) is 6.07 Å². The zero-order valence-electron chi connectivity index (χ0n) is 10.6. The summed E-state index contributed by atoms with van der Waals surface area (Å²) in [5.41, 5.74) is 1.66. The van der Waals surface area contributed by atoms with E-state index in [-0.39, 0.29) is 16.6 Å². The van der Waals surface area contributed by atoms with E-state index in [2.05, 4.69) is 19.8 Å². The molecule has 0 saturated carbocycles. The molecule has 1 aromatic heterocycles. The molecule has 0 radical (unpaired) electrons. The summed E-state index contributed by atoms with van der Waals surface area (Å²) in [4.78, 5) is 12.6. The summed E-state index contributed by atoms with van der Waals surface area (Å²) in [5.74, 6) is 0. The predicted octanol–water partition coefficient (Wildman–Crippen LogP) is 1.36. The number of nitrogens with zero attached hydrogens (tertiary/aromatic N) is 4. The van der Waals surface area contributed by atoms with Crippen LogP contribution in [0.5, 0.6) is 0 Å². The molecule has 104 valence electrons. The van der Waals surface area contributed by atoms with E-state index in [1.807, 2.05) is 0 Å². The van der Waals surface area contributed by atoms with Crippen molar-refractivity contribution in [3.8, 4) is 0 Å². The highest BCUT2D eigenvalue weighted by atomic mass is 16.6. The number of aromatic nitrogens is 2. The first kappa shape index (κ1) is 11.6. The number of anilines is 1. The number of nitro groups is 1. The lowest BCUT2D eigenvalue weighted by molar-refractivity contribution is -0.383. The molecule has 1 spiro atoms. The Balaban J connectivity index is 1.70. The van der Waals surface area contributed by atoms with Gasteiger partial charge in [0, 0.05) is 31.2 Å². The van der Waals surface area contributed by atoms with Crippen LogP contribution in [-0.2, 0) is 4.74 Å². The Morgan fingerprint density at radius 1 is 1.30 bits per heavy atom. The molecule has 0 bridgehead atoms. The second-order valence-corrected chi connectivity index (χ2v) is 5.48. The average Bonchev–Trinajstić information content (AvgIpc) is 3.04. The first-order valence-corrected chi connectivity index (χ1v) is 6.41. The molecule has 0 unspecified atom stereocenters. The minimum atomic E-state index is -0.473. The van der Waals surface area contributed by atoms with Crippen LogP contribution in [0, 0.1) is 15.5 Å². The first-order chi connectivity index (χ1) is 9.69. The number of ether oxygens (including phenoxy) is 1. The minimum absolute atomic E-state index is 0.0792. The van der Waals surface area contributed by atoms with Gasteiger partial charge in [0.15, 0.2) is 5.52 Å². The number of nitro benzene ring substituents is 1. The molecule has 2 fully saturated rings. The zero-order chi connectivity index (χ0) is 13.7. The maximum atomic E-state index is 10.9. The highest BCUT2D eigenvalue weighted by Gasteiger charge is 2.46. The van der Waals surface area contributed by atoms with Gasteiger partial charge < -0.3 is 9.64 Å². The van der Waals surface area contributed by atoms with Crippen LogP contribution in [0.2, 0.25) is 0 Å². The lowest BCUT2D eigenvalue weighted by Gasteiger charge is -2.48. The predicted molar refractivity (Wildman–Crippen MR) is 68.5 cm³/mol. The van der Waals surface area contributed by atoms with Gasteiger partial charge >= 0.3 is 5.69 Å². The largest absolute Gasteiger partial charge is 0.381 e.